The van der Waals surface area contributed by atoms with Crippen LogP contribution in [-0.4, -0.2) is 75.3 Å². The molecular weight excluding hydrogens is 406 g/mol. The van der Waals surface area contributed by atoms with Crippen molar-refractivity contribution in [3.05, 3.63) is 58.3 Å². The van der Waals surface area contributed by atoms with Gasteiger partial charge in [0.25, 0.3) is 0 Å². The number of morpholine rings is 1. The summed E-state index contributed by atoms with van der Waals surface area (Å²) in [6.45, 7) is 7.59. The van der Waals surface area contributed by atoms with Crippen molar-refractivity contribution in [1.29, 1.82) is 0 Å². The molecule has 2 saturated heterocycles. The van der Waals surface area contributed by atoms with Gasteiger partial charge in [0, 0.05) is 38.1 Å². The fourth-order valence-corrected chi connectivity index (χ4v) is 5.43. The molecule has 2 aliphatic heterocycles. The van der Waals surface area contributed by atoms with E-state index in [-0.39, 0.29) is 0 Å². The molecular formula is C24H35N5OS. The second-order valence-corrected chi connectivity index (χ2v) is 9.16. The summed E-state index contributed by atoms with van der Waals surface area (Å²) < 4.78 is 5.57. The summed E-state index contributed by atoms with van der Waals surface area (Å²) in [6.07, 6.45) is 2.58. The normalized spacial score (nSPS) is 20.5. The molecule has 0 radical (unpaired) electrons. The molecule has 2 fully saturated rings. The van der Waals surface area contributed by atoms with E-state index in [1.54, 1.807) is 0 Å². The molecule has 0 aliphatic carbocycles. The number of nitrogens with zero attached hydrogens (tertiary/aromatic N) is 3. The fraction of sp³-hybridized carbons (Fsp3) is 0.542. The molecule has 0 bridgehead atoms. The number of ether oxygens (including phenoxy) is 1. The van der Waals surface area contributed by atoms with Crippen LogP contribution in [0.25, 0.3) is 0 Å². The van der Waals surface area contributed by atoms with Crippen molar-refractivity contribution < 1.29 is 4.74 Å². The van der Waals surface area contributed by atoms with Crippen LogP contribution < -0.4 is 10.6 Å². The molecule has 2 aromatic rings. The van der Waals surface area contributed by atoms with E-state index in [0.29, 0.717) is 12.1 Å². The Bertz CT molecular complexity index is 786. The Morgan fingerprint density at radius 1 is 0.935 bits per heavy atom. The van der Waals surface area contributed by atoms with Crippen molar-refractivity contribution in [1.82, 2.24) is 20.4 Å². The summed E-state index contributed by atoms with van der Waals surface area (Å²) >= 11 is 1.83. The summed E-state index contributed by atoms with van der Waals surface area (Å²) in [7, 11) is 1.86. The summed E-state index contributed by atoms with van der Waals surface area (Å²) in [5.74, 6) is 0.870. The molecule has 0 amide bonds. The van der Waals surface area contributed by atoms with Gasteiger partial charge in [0.05, 0.1) is 25.3 Å². The molecule has 2 aliphatic rings. The lowest BCUT2D eigenvalue weighted by atomic mass is 10.1. The lowest BCUT2D eigenvalue weighted by molar-refractivity contribution is 0.0177. The predicted molar refractivity (Wildman–Crippen MR) is 129 cm³/mol. The molecule has 3 heterocycles. The van der Waals surface area contributed by atoms with E-state index in [0.717, 1.165) is 45.4 Å². The first-order valence-corrected chi connectivity index (χ1v) is 12.3. The van der Waals surface area contributed by atoms with Gasteiger partial charge >= 0.3 is 0 Å². The van der Waals surface area contributed by atoms with Gasteiger partial charge in [-0.15, -0.1) is 11.3 Å². The topological polar surface area (TPSA) is 52.1 Å². The number of thiophene rings is 1. The van der Waals surface area contributed by atoms with E-state index >= 15 is 0 Å². The van der Waals surface area contributed by atoms with Gasteiger partial charge in [0.2, 0.25) is 0 Å². The average Bonchev–Trinajstić information content (AvgIpc) is 3.54. The van der Waals surface area contributed by atoms with E-state index in [2.05, 4.69) is 73.3 Å². The third-order valence-corrected chi connectivity index (χ3v) is 7.25. The summed E-state index contributed by atoms with van der Waals surface area (Å²) in [4.78, 5) is 11.0. The highest BCUT2D eigenvalue weighted by atomic mass is 32.1. The Morgan fingerprint density at radius 3 is 2.26 bits per heavy atom. The summed E-state index contributed by atoms with van der Waals surface area (Å²) in [5.41, 5.74) is 1.37. The number of nitrogens with one attached hydrogen (secondary N) is 2. The minimum absolute atomic E-state index is 0.339. The van der Waals surface area contributed by atoms with Crippen molar-refractivity contribution in [2.75, 3.05) is 59.5 Å². The fourth-order valence-electron chi connectivity index (χ4n) is 4.57. The Labute approximate surface area is 190 Å². The van der Waals surface area contributed by atoms with Crippen molar-refractivity contribution >= 4 is 17.3 Å². The standard InChI is InChI=1S/C24H35N5OS/c1-25-24(26-18-21(28-11-5-6-12-28)20-8-3-2-4-9-20)27-19-22(23-10-7-17-31-23)29-13-15-30-16-14-29/h2-4,7-10,17,21-22H,5-6,11-16,18-19H2,1H3,(H2,25,26,27). The van der Waals surface area contributed by atoms with E-state index in [1.165, 1.54) is 36.4 Å². The third-order valence-electron chi connectivity index (χ3n) is 6.27. The number of hydrogen-bond donors (Lipinski definition) is 2. The van der Waals surface area contributed by atoms with Crippen LogP contribution in [0.15, 0.2) is 52.8 Å². The highest BCUT2D eigenvalue weighted by molar-refractivity contribution is 7.10. The number of rotatable bonds is 8. The molecule has 6 nitrogen and oxygen atoms in total. The minimum atomic E-state index is 0.339. The Kier molecular flexibility index (Phi) is 8.35. The van der Waals surface area contributed by atoms with Gasteiger partial charge in [0.15, 0.2) is 5.96 Å². The summed E-state index contributed by atoms with van der Waals surface area (Å²) in [6, 6.07) is 15.9. The maximum Gasteiger partial charge on any atom is 0.191 e. The smallest absolute Gasteiger partial charge is 0.191 e. The summed E-state index contributed by atoms with van der Waals surface area (Å²) in [5, 5.41) is 9.37. The monoisotopic (exact) mass is 441 g/mol. The van der Waals surface area contributed by atoms with Crippen LogP contribution in [0.1, 0.15) is 35.4 Å². The SMILES string of the molecule is CN=C(NCC(c1ccccc1)N1CCCC1)NCC(c1cccs1)N1CCOCC1. The van der Waals surface area contributed by atoms with Crippen molar-refractivity contribution in [3.63, 3.8) is 0 Å². The van der Waals surface area contributed by atoms with Gasteiger partial charge < -0.3 is 15.4 Å². The zero-order chi connectivity index (χ0) is 21.3. The highest BCUT2D eigenvalue weighted by Crippen LogP contribution is 2.26. The van der Waals surface area contributed by atoms with E-state index < -0.39 is 0 Å². The van der Waals surface area contributed by atoms with Gasteiger partial charge in [-0.1, -0.05) is 36.4 Å². The van der Waals surface area contributed by atoms with Crippen molar-refractivity contribution in [2.45, 2.75) is 24.9 Å². The molecule has 0 saturated carbocycles. The molecule has 168 valence electrons. The van der Waals surface area contributed by atoms with E-state index in [9.17, 15) is 0 Å². The van der Waals surface area contributed by atoms with Gasteiger partial charge in [-0.2, -0.15) is 0 Å². The van der Waals surface area contributed by atoms with Crippen LogP contribution in [0.3, 0.4) is 0 Å². The van der Waals surface area contributed by atoms with Crippen LogP contribution in [-0.2, 0) is 4.74 Å². The van der Waals surface area contributed by atoms with Gasteiger partial charge in [0.1, 0.15) is 0 Å². The number of benzene rings is 1. The van der Waals surface area contributed by atoms with Crippen LogP contribution >= 0.6 is 11.3 Å². The molecule has 2 N–H and O–H groups in total. The number of hydrogen-bond acceptors (Lipinski definition) is 5. The Hall–Kier alpha value is -1.93. The van der Waals surface area contributed by atoms with E-state index in [4.69, 9.17) is 4.74 Å². The Balaban J connectivity index is 1.37. The average molecular weight is 442 g/mol. The molecule has 2 atom stereocenters. The maximum atomic E-state index is 5.57. The second kappa shape index (κ2) is 11.6. The van der Waals surface area contributed by atoms with Crippen LogP contribution in [0.2, 0.25) is 0 Å². The minimum Gasteiger partial charge on any atom is -0.379 e. The van der Waals surface area contributed by atoms with Gasteiger partial charge in [-0.25, -0.2) is 0 Å². The van der Waals surface area contributed by atoms with Crippen LogP contribution in [0.5, 0.6) is 0 Å². The zero-order valence-electron chi connectivity index (χ0n) is 18.5. The zero-order valence-corrected chi connectivity index (χ0v) is 19.3. The molecule has 1 aromatic heterocycles. The lowest BCUT2D eigenvalue weighted by Crippen LogP contribution is -2.47. The molecule has 31 heavy (non-hydrogen) atoms. The second-order valence-electron chi connectivity index (χ2n) is 8.18. The molecule has 0 spiro atoms. The first-order chi connectivity index (χ1) is 15.3. The van der Waals surface area contributed by atoms with E-state index in [1.807, 2.05) is 18.4 Å². The molecule has 2 unspecified atom stereocenters. The largest absolute Gasteiger partial charge is 0.379 e. The quantitative estimate of drug-likeness (QED) is 0.487. The third kappa shape index (κ3) is 6.07. The van der Waals surface area contributed by atoms with Gasteiger partial charge in [-0.3, -0.25) is 14.8 Å². The van der Waals surface area contributed by atoms with Crippen molar-refractivity contribution in [2.24, 2.45) is 4.99 Å². The van der Waals surface area contributed by atoms with Crippen molar-refractivity contribution in [3.8, 4) is 0 Å². The van der Waals surface area contributed by atoms with Gasteiger partial charge in [-0.05, 0) is 42.9 Å². The number of guanidine groups is 1. The lowest BCUT2D eigenvalue weighted by Gasteiger charge is -2.34. The molecule has 7 heteroatoms. The van der Waals surface area contributed by atoms with Crippen LogP contribution in [0, 0.1) is 0 Å². The first-order valence-electron chi connectivity index (χ1n) is 11.4. The highest BCUT2D eigenvalue weighted by Gasteiger charge is 2.25. The Morgan fingerprint density at radius 2 is 1.61 bits per heavy atom. The number of likely N-dealkylation sites (tertiary alicyclic amines) is 1. The predicted octanol–water partition coefficient (Wildman–Crippen LogP) is 3.12. The number of aliphatic imine (C=N–C) groups is 1. The first kappa shape index (κ1) is 22.3. The molecule has 4 rings (SSSR count). The van der Waals surface area contributed by atoms with Crippen LogP contribution in [0.4, 0.5) is 0 Å². The molecule has 1 aromatic carbocycles. The maximum absolute atomic E-state index is 5.57.